The first kappa shape index (κ1) is 31.5. The zero-order valence-corrected chi connectivity index (χ0v) is 24.1. The molecule has 1 N–H and O–H groups in total. The van der Waals surface area contributed by atoms with Crippen molar-refractivity contribution in [3.63, 3.8) is 0 Å². The molecule has 1 unspecified atom stereocenters. The van der Waals surface area contributed by atoms with Gasteiger partial charge in [-0.05, 0) is 85.0 Å². The molecule has 3 aromatic rings. The molecule has 1 aliphatic rings. The number of carbonyl (C=O) groups excluding carboxylic acids is 1. The third-order valence-electron chi connectivity index (χ3n) is 7.30. The van der Waals surface area contributed by atoms with Crippen LogP contribution in [-0.4, -0.2) is 42.0 Å². The lowest BCUT2D eigenvalue weighted by Gasteiger charge is -2.21. The molecule has 0 bridgehead atoms. The van der Waals surface area contributed by atoms with Crippen LogP contribution >= 0.6 is 11.8 Å². The third-order valence-corrected chi connectivity index (χ3v) is 8.99. The molecule has 0 radical (unpaired) electrons. The second-order valence-corrected chi connectivity index (χ2v) is 11.9. The van der Waals surface area contributed by atoms with Crippen LogP contribution in [0.25, 0.3) is 0 Å². The zero-order valence-electron chi connectivity index (χ0n) is 23.3. The first-order chi connectivity index (χ1) is 20.1. The smallest absolute Gasteiger partial charge is 0.454 e. The Hall–Kier alpha value is -3.46. The number of hydrogen-bond acceptors (Lipinski definition) is 5. The number of carbonyl (C=O) groups is 2. The van der Waals surface area contributed by atoms with E-state index in [0.717, 1.165) is 55.7 Å². The lowest BCUT2D eigenvalue weighted by Crippen LogP contribution is -2.22. The minimum absolute atomic E-state index is 0.0676. The first-order valence-electron chi connectivity index (χ1n) is 14.1. The zero-order chi connectivity index (χ0) is 30.0. The summed E-state index contributed by atoms with van der Waals surface area (Å²) in [5.41, 5.74) is 2.02. The Kier molecular flexibility index (Phi) is 11.0. The third kappa shape index (κ3) is 9.82. The van der Waals surface area contributed by atoms with Crippen molar-refractivity contribution >= 4 is 23.5 Å². The number of hydrogen-bond donors (Lipinski definition) is 1. The summed E-state index contributed by atoms with van der Waals surface area (Å²) >= 11 is 1.86. The number of aryl methyl sites for hydroxylation is 1. The average Bonchev–Trinajstić information content (AvgIpc) is 3.73. The normalized spacial score (nSPS) is 14.6. The van der Waals surface area contributed by atoms with Crippen molar-refractivity contribution in [1.82, 2.24) is 0 Å². The highest BCUT2D eigenvalue weighted by atomic mass is 32.2. The number of carboxylic acid groups (broad SMARTS) is 1. The Morgan fingerprint density at radius 1 is 0.857 bits per heavy atom. The fraction of sp³-hybridized carbons (Fsp3) is 0.394. The van der Waals surface area contributed by atoms with Crippen molar-refractivity contribution in [2.24, 2.45) is 5.41 Å². The van der Waals surface area contributed by atoms with Gasteiger partial charge in [0.15, 0.2) is 0 Å². The van der Waals surface area contributed by atoms with E-state index in [1.165, 1.54) is 23.3 Å². The molecule has 0 aliphatic heterocycles. The van der Waals surface area contributed by atoms with Crippen molar-refractivity contribution in [2.75, 3.05) is 19.0 Å². The van der Waals surface area contributed by atoms with Crippen LogP contribution in [-0.2, 0) is 11.2 Å². The molecule has 0 heterocycles. The highest BCUT2D eigenvalue weighted by Gasteiger charge is 2.44. The number of ether oxygens (including phenoxy) is 2. The maximum atomic E-state index is 12.5. The predicted octanol–water partition coefficient (Wildman–Crippen LogP) is 8.33. The molecule has 1 aliphatic carbocycles. The van der Waals surface area contributed by atoms with Crippen LogP contribution in [0.5, 0.6) is 11.5 Å². The molecule has 5 nitrogen and oxygen atoms in total. The Bertz CT molecular complexity index is 1290. The van der Waals surface area contributed by atoms with Crippen LogP contribution < -0.4 is 9.47 Å². The monoisotopic (exact) mass is 600 g/mol. The molecule has 1 fully saturated rings. The van der Waals surface area contributed by atoms with Gasteiger partial charge >= 0.3 is 12.1 Å². The van der Waals surface area contributed by atoms with E-state index in [1.54, 1.807) is 0 Å². The van der Waals surface area contributed by atoms with Gasteiger partial charge in [0.05, 0.1) is 19.6 Å². The molecule has 0 amide bonds. The number of ketones is 1. The SMILES string of the molecule is O=C(O)CC1(CSC(CCCc2ccccc2)c2ccc(OCCCOc3ccc(C(=O)C(F)(F)F)cc3)cc2)CC1. The van der Waals surface area contributed by atoms with Gasteiger partial charge in [0, 0.05) is 23.0 Å². The number of carboxylic acids is 1. The van der Waals surface area contributed by atoms with Gasteiger partial charge in [-0.1, -0.05) is 42.5 Å². The molecule has 1 atom stereocenters. The van der Waals surface area contributed by atoms with E-state index in [-0.39, 0.29) is 17.1 Å². The van der Waals surface area contributed by atoms with Gasteiger partial charge < -0.3 is 14.6 Å². The Morgan fingerprint density at radius 2 is 1.45 bits per heavy atom. The summed E-state index contributed by atoms with van der Waals surface area (Å²) in [4.78, 5) is 22.6. The van der Waals surface area contributed by atoms with Crippen molar-refractivity contribution in [2.45, 2.75) is 56.4 Å². The molecule has 0 spiro atoms. The summed E-state index contributed by atoms with van der Waals surface area (Å²) in [6.07, 6.45) is 0.869. The summed E-state index contributed by atoms with van der Waals surface area (Å²) < 4.78 is 49.0. The minimum Gasteiger partial charge on any atom is -0.493 e. The molecule has 4 rings (SSSR count). The highest BCUT2D eigenvalue weighted by Crippen LogP contribution is 2.53. The summed E-state index contributed by atoms with van der Waals surface area (Å²) in [5.74, 6) is -0.655. The number of benzene rings is 3. The van der Waals surface area contributed by atoms with E-state index in [1.807, 2.05) is 30.0 Å². The molecular formula is C33H35F3O5S. The number of rotatable bonds is 17. The van der Waals surface area contributed by atoms with Crippen LogP contribution in [0.2, 0.25) is 0 Å². The molecule has 9 heteroatoms. The highest BCUT2D eigenvalue weighted by molar-refractivity contribution is 7.99. The van der Waals surface area contributed by atoms with E-state index >= 15 is 0 Å². The number of aliphatic carboxylic acids is 1. The molecule has 224 valence electrons. The minimum atomic E-state index is -4.90. The fourth-order valence-electron chi connectivity index (χ4n) is 4.71. The number of thioether (sulfide) groups is 1. The number of alkyl halides is 3. The number of Topliss-reactive ketones (excluding diaryl/α,β-unsaturated/α-hetero) is 1. The average molecular weight is 601 g/mol. The maximum absolute atomic E-state index is 12.5. The molecular weight excluding hydrogens is 565 g/mol. The van der Waals surface area contributed by atoms with Crippen molar-refractivity contribution in [3.05, 3.63) is 95.6 Å². The predicted molar refractivity (Wildman–Crippen MR) is 157 cm³/mol. The fourth-order valence-corrected chi connectivity index (χ4v) is 6.34. The maximum Gasteiger partial charge on any atom is 0.454 e. The first-order valence-corrected chi connectivity index (χ1v) is 15.1. The Morgan fingerprint density at radius 3 is 2.00 bits per heavy atom. The Balaban J connectivity index is 1.24. The second-order valence-electron chi connectivity index (χ2n) is 10.7. The lowest BCUT2D eigenvalue weighted by atomic mass is 10.0. The molecule has 1 saturated carbocycles. The van der Waals surface area contributed by atoms with Crippen LogP contribution in [0, 0.1) is 5.41 Å². The standard InChI is InChI=1S/C33H35F3O5S/c34-33(35,36)31(39)26-12-16-28(17-13-26)41-21-5-20-40-27-14-10-25(11-15-27)29(9-4-8-24-6-2-1-3-7-24)42-23-32(18-19-32)22-30(37)38/h1-3,6-7,10-17,29H,4-5,8-9,18-23H2,(H,37,38). The topological polar surface area (TPSA) is 72.8 Å². The van der Waals surface area contributed by atoms with Gasteiger partial charge in [-0.25, -0.2) is 0 Å². The Labute approximate surface area is 248 Å². The van der Waals surface area contributed by atoms with Gasteiger partial charge in [0.1, 0.15) is 11.5 Å². The summed E-state index contributed by atoms with van der Waals surface area (Å²) in [5, 5.41) is 9.57. The van der Waals surface area contributed by atoms with E-state index in [4.69, 9.17) is 9.47 Å². The summed E-state index contributed by atoms with van der Waals surface area (Å²) in [7, 11) is 0. The van der Waals surface area contributed by atoms with Crippen molar-refractivity contribution < 1.29 is 37.3 Å². The van der Waals surface area contributed by atoms with Crippen molar-refractivity contribution in [1.29, 1.82) is 0 Å². The van der Waals surface area contributed by atoms with E-state index < -0.39 is 23.5 Å². The molecule has 42 heavy (non-hydrogen) atoms. The molecule has 3 aromatic carbocycles. The number of halogens is 3. The second kappa shape index (κ2) is 14.6. The van der Waals surface area contributed by atoms with Gasteiger partial charge in [0.2, 0.25) is 0 Å². The van der Waals surface area contributed by atoms with Crippen LogP contribution in [0.4, 0.5) is 13.2 Å². The molecule has 0 saturated heterocycles. The molecule has 0 aromatic heterocycles. The largest absolute Gasteiger partial charge is 0.493 e. The van der Waals surface area contributed by atoms with Crippen LogP contribution in [0.15, 0.2) is 78.9 Å². The summed E-state index contributed by atoms with van der Waals surface area (Å²) in [6, 6.07) is 23.4. The van der Waals surface area contributed by atoms with E-state index in [0.29, 0.717) is 25.4 Å². The quantitative estimate of drug-likeness (QED) is 0.124. The van der Waals surface area contributed by atoms with Crippen LogP contribution in [0.3, 0.4) is 0 Å². The van der Waals surface area contributed by atoms with Gasteiger partial charge in [-0.15, -0.1) is 0 Å². The van der Waals surface area contributed by atoms with Gasteiger partial charge in [-0.3, -0.25) is 9.59 Å². The van der Waals surface area contributed by atoms with Crippen LogP contribution in [0.1, 0.15) is 65.3 Å². The van der Waals surface area contributed by atoms with E-state index in [9.17, 15) is 27.9 Å². The summed E-state index contributed by atoms with van der Waals surface area (Å²) in [6.45, 7) is 0.708. The van der Waals surface area contributed by atoms with E-state index in [2.05, 4.69) is 36.4 Å². The lowest BCUT2D eigenvalue weighted by molar-refractivity contribution is -0.138. The van der Waals surface area contributed by atoms with Crippen molar-refractivity contribution in [3.8, 4) is 11.5 Å². The van der Waals surface area contributed by atoms with Gasteiger partial charge in [0.25, 0.3) is 5.78 Å². The van der Waals surface area contributed by atoms with Gasteiger partial charge in [-0.2, -0.15) is 24.9 Å².